The maximum absolute atomic E-state index is 11.6. The molecule has 6 nitrogen and oxygen atoms in total. The lowest BCUT2D eigenvalue weighted by molar-refractivity contribution is -0.145. The highest BCUT2D eigenvalue weighted by Crippen LogP contribution is 2.42. The van der Waals surface area contributed by atoms with Gasteiger partial charge in [-0.2, -0.15) is 5.10 Å². The highest BCUT2D eigenvalue weighted by molar-refractivity contribution is 6.37. The van der Waals surface area contributed by atoms with E-state index in [0.717, 1.165) is 18.5 Å². The minimum atomic E-state index is -0.111. The smallest absolute Gasteiger partial charge is 0.309 e. The van der Waals surface area contributed by atoms with Crippen LogP contribution in [0.25, 0.3) is 5.52 Å². The van der Waals surface area contributed by atoms with Crippen molar-refractivity contribution in [3.8, 4) is 0 Å². The van der Waals surface area contributed by atoms with Gasteiger partial charge in [-0.05, 0) is 31.7 Å². The van der Waals surface area contributed by atoms with Gasteiger partial charge in [-0.3, -0.25) is 4.79 Å². The molecule has 20 heavy (non-hydrogen) atoms. The summed E-state index contributed by atoms with van der Waals surface area (Å²) in [6, 6.07) is 1.85. The number of ether oxygens (including phenoxy) is 1. The number of nitrogen functional groups attached to an aromatic ring is 1. The third-order valence-electron chi connectivity index (χ3n) is 3.67. The zero-order valence-electron chi connectivity index (χ0n) is 11.2. The van der Waals surface area contributed by atoms with E-state index in [1.54, 1.807) is 4.52 Å². The summed E-state index contributed by atoms with van der Waals surface area (Å²) >= 11 is 0. The second-order valence-electron chi connectivity index (χ2n) is 5.06. The average molecular weight is 270 g/mol. The summed E-state index contributed by atoms with van der Waals surface area (Å²) in [6.45, 7) is 2.24. The van der Waals surface area contributed by atoms with E-state index in [2.05, 4.69) is 10.1 Å². The molecule has 0 amide bonds. The van der Waals surface area contributed by atoms with Gasteiger partial charge in [0.1, 0.15) is 19.7 Å². The molecule has 2 atom stereocenters. The van der Waals surface area contributed by atoms with E-state index in [1.807, 2.05) is 13.0 Å². The van der Waals surface area contributed by atoms with Crippen LogP contribution in [-0.4, -0.2) is 35.0 Å². The molecule has 2 aromatic heterocycles. The predicted molar refractivity (Wildman–Crippen MR) is 74.7 cm³/mol. The molecule has 1 saturated carbocycles. The minimum absolute atomic E-state index is 0.000841. The quantitative estimate of drug-likeness (QED) is 0.617. The van der Waals surface area contributed by atoms with Crippen LogP contribution < -0.4 is 11.2 Å². The van der Waals surface area contributed by atoms with Gasteiger partial charge in [-0.15, -0.1) is 0 Å². The number of nitrogens with two attached hydrogens (primary N) is 1. The van der Waals surface area contributed by atoms with Crippen LogP contribution in [0.5, 0.6) is 0 Å². The Balaban J connectivity index is 1.80. The van der Waals surface area contributed by atoms with E-state index in [9.17, 15) is 4.79 Å². The van der Waals surface area contributed by atoms with E-state index in [1.165, 1.54) is 6.33 Å². The van der Waals surface area contributed by atoms with Gasteiger partial charge in [0.15, 0.2) is 5.82 Å². The van der Waals surface area contributed by atoms with Gasteiger partial charge in [-0.1, -0.05) is 5.46 Å². The van der Waals surface area contributed by atoms with E-state index in [0.29, 0.717) is 29.3 Å². The third kappa shape index (κ3) is 2.13. The van der Waals surface area contributed by atoms with Crippen molar-refractivity contribution in [2.24, 2.45) is 11.8 Å². The molecule has 3 rings (SSSR count). The first-order valence-corrected chi connectivity index (χ1v) is 6.65. The topological polar surface area (TPSA) is 82.5 Å². The molecule has 0 bridgehead atoms. The fraction of sp³-hybridized carbons (Fsp3) is 0.462. The summed E-state index contributed by atoms with van der Waals surface area (Å²) in [7, 11) is 5.94. The Morgan fingerprint density at radius 1 is 1.65 bits per heavy atom. The minimum Gasteiger partial charge on any atom is -0.466 e. The maximum atomic E-state index is 11.6. The number of nitrogens with zero attached hydrogens (tertiary/aromatic N) is 3. The Morgan fingerprint density at radius 3 is 3.20 bits per heavy atom. The van der Waals surface area contributed by atoms with Gasteiger partial charge in [0.2, 0.25) is 0 Å². The SMILES string of the molecule is [B]c1cc(CC2CC2C(=O)OCC)n2ncnc(N)c12. The molecule has 2 aromatic rings. The second kappa shape index (κ2) is 4.81. The van der Waals surface area contributed by atoms with Crippen LogP contribution in [0.4, 0.5) is 5.82 Å². The standard InChI is InChI=1S/C13H15BN4O2/c1-2-20-13(19)9-4-7(9)3-8-5-10(14)11-12(15)16-6-17-18(8)11/h5-7,9H,2-4H2,1H3,(H2,15,16,17). The molecule has 1 aliphatic carbocycles. The molecule has 1 fully saturated rings. The molecular formula is C13H15BN4O2. The molecule has 2 heterocycles. The molecule has 102 valence electrons. The summed E-state index contributed by atoms with van der Waals surface area (Å²) < 4.78 is 6.74. The Bertz CT molecular complexity index is 670. The van der Waals surface area contributed by atoms with Crippen molar-refractivity contribution in [2.45, 2.75) is 19.8 Å². The van der Waals surface area contributed by atoms with Gasteiger partial charge < -0.3 is 10.5 Å². The van der Waals surface area contributed by atoms with Crippen LogP contribution in [0, 0.1) is 11.8 Å². The number of fused-ring (bicyclic) bond motifs is 1. The number of anilines is 1. The van der Waals surface area contributed by atoms with Crippen molar-refractivity contribution in [1.82, 2.24) is 14.6 Å². The average Bonchev–Trinajstić information content (AvgIpc) is 3.09. The molecule has 0 aromatic carbocycles. The van der Waals surface area contributed by atoms with E-state index in [-0.39, 0.29) is 11.9 Å². The molecule has 2 N–H and O–H groups in total. The van der Waals surface area contributed by atoms with Crippen molar-refractivity contribution >= 4 is 30.6 Å². The summed E-state index contributed by atoms with van der Waals surface area (Å²) in [5, 5.41) is 4.18. The van der Waals surface area contributed by atoms with Crippen LogP contribution in [0.1, 0.15) is 19.0 Å². The van der Waals surface area contributed by atoms with Crippen molar-refractivity contribution < 1.29 is 9.53 Å². The van der Waals surface area contributed by atoms with Gasteiger partial charge in [-0.25, -0.2) is 9.50 Å². The summed E-state index contributed by atoms with van der Waals surface area (Å²) in [5.74, 6) is 0.547. The normalized spacial score (nSPS) is 21.1. The van der Waals surface area contributed by atoms with E-state index in [4.69, 9.17) is 18.3 Å². The Kier molecular flexibility index (Phi) is 3.12. The van der Waals surface area contributed by atoms with Gasteiger partial charge in [0, 0.05) is 5.69 Å². The first kappa shape index (κ1) is 13.0. The van der Waals surface area contributed by atoms with Crippen molar-refractivity contribution in [3.63, 3.8) is 0 Å². The molecular weight excluding hydrogens is 255 g/mol. The first-order valence-electron chi connectivity index (χ1n) is 6.65. The predicted octanol–water partition coefficient (Wildman–Crippen LogP) is -0.153. The molecule has 0 aliphatic heterocycles. The van der Waals surface area contributed by atoms with Crippen molar-refractivity contribution in [1.29, 1.82) is 0 Å². The summed E-state index contributed by atoms with van der Waals surface area (Å²) in [5.41, 5.74) is 7.95. The monoisotopic (exact) mass is 270 g/mol. The third-order valence-corrected chi connectivity index (χ3v) is 3.67. The Morgan fingerprint density at radius 2 is 2.45 bits per heavy atom. The zero-order valence-corrected chi connectivity index (χ0v) is 11.2. The largest absolute Gasteiger partial charge is 0.466 e. The van der Waals surface area contributed by atoms with Gasteiger partial charge >= 0.3 is 5.97 Å². The molecule has 0 spiro atoms. The highest BCUT2D eigenvalue weighted by atomic mass is 16.5. The molecule has 2 unspecified atom stereocenters. The Labute approximate surface area is 117 Å². The van der Waals surface area contributed by atoms with Crippen LogP contribution in [0.15, 0.2) is 12.4 Å². The van der Waals surface area contributed by atoms with Crippen LogP contribution in [0.3, 0.4) is 0 Å². The van der Waals surface area contributed by atoms with Crippen molar-refractivity contribution in [3.05, 3.63) is 18.1 Å². The second-order valence-corrected chi connectivity index (χ2v) is 5.06. The zero-order chi connectivity index (χ0) is 14.3. The number of esters is 1. The lowest BCUT2D eigenvalue weighted by Gasteiger charge is -2.03. The van der Waals surface area contributed by atoms with E-state index >= 15 is 0 Å². The maximum Gasteiger partial charge on any atom is 0.309 e. The number of carbonyl (C=O) groups excluding carboxylic acids is 1. The summed E-state index contributed by atoms with van der Waals surface area (Å²) in [6.07, 6.45) is 2.99. The number of aromatic nitrogens is 3. The number of hydrogen-bond acceptors (Lipinski definition) is 5. The Hall–Kier alpha value is -2.05. The van der Waals surface area contributed by atoms with Crippen LogP contribution in [-0.2, 0) is 16.0 Å². The molecule has 7 heteroatoms. The fourth-order valence-corrected chi connectivity index (χ4v) is 2.59. The first-order chi connectivity index (χ1) is 9.61. The molecule has 1 aliphatic rings. The van der Waals surface area contributed by atoms with Gasteiger partial charge in [0.25, 0.3) is 0 Å². The van der Waals surface area contributed by atoms with Gasteiger partial charge in [0.05, 0.1) is 12.5 Å². The lowest BCUT2D eigenvalue weighted by atomic mass is 9.97. The van der Waals surface area contributed by atoms with E-state index < -0.39 is 0 Å². The fourth-order valence-electron chi connectivity index (χ4n) is 2.59. The molecule has 0 saturated heterocycles. The number of carbonyl (C=O) groups is 1. The lowest BCUT2D eigenvalue weighted by Crippen LogP contribution is -2.09. The highest BCUT2D eigenvalue weighted by Gasteiger charge is 2.44. The molecule has 2 radical (unpaired) electrons. The number of hydrogen-bond donors (Lipinski definition) is 1. The van der Waals surface area contributed by atoms with Crippen LogP contribution in [0.2, 0.25) is 0 Å². The summed E-state index contributed by atoms with van der Waals surface area (Å²) in [4.78, 5) is 15.6. The number of rotatable bonds is 4. The van der Waals surface area contributed by atoms with Crippen molar-refractivity contribution in [2.75, 3.05) is 12.3 Å². The van der Waals surface area contributed by atoms with Crippen LogP contribution >= 0.6 is 0 Å².